The molecule has 3 aromatic rings. The first-order valence-corrected chi connectivity index (χ1v) is 15.4. The molecule has 0 bridgehead atoms. The summed E-state index contributed by atoms with van der Waals surface area (Å²) in [5, 5.41) is 9.92. The molecule has 1 heterocycles. The molecule has 1 saturated heterocycles. The second-order valence-electron chi connectivity index (χ2n) is 12.2. The number of nitrogens with zero attached hydrogens (tertiary/aromatic N) is 2. The number of fused-ring (bicyclic) bond motifs is 2. The molecule has 6 rings (SSSR count). The van der Waals surface area contributed by atoms with Gasteiger partial charge in [-0.05, 0) is 122 Å². The van der Waals surface area contributed by atoms with Gasteiger partial charge >= 0.3 is 0 Å². The Morgan fingerprint density at radius 2 is 1.95 bits per heavy atom. The summed E-state index contributed by atoms with van der Waals surface area (Å²) < 4.78 is 25.4. The van der Waals surface area contributed by atoms with Crippen molar-refractivity contribution < 1.29 is 19.0 Å². The SMILES string of the molecule is CCN(Cc1ccc([OH+]CCN2CCCC3CC3C2)c(F)c1)c1cc(OC)ccc1[C@@H]1CCc2cc(O)ccc2C1. The lowest BCUT2D eigenvalue weighted by Gasteiger charge is -2.32. The Labute approximate surface area is 243 Å². The number of ether oxygens (including phenoxy) is 2. The number of phenols is 1. The number of hydrogen-bond donors (Lipinski definition) is 1. The third-order valence-electron chi connectivity index (χ3n) is 9.51. The zero-order valence-electron chi connectivity index (χ0n) is 24.5. The lowest BCUT2D eigenvalue weighted by molar-refractivity contribution is 0.0399. The molecule has 5 nitrogen and oxygen atoms in total. The largest absolute Gasteiger partial charge is 0.580 e. The average molecular weight is 560 g/mol. The van der Waals surface area contributed by atoms with E-state index in [2.05, 4.69) is 39.7 Å². The molecule has 6 heteroatoms. The van der Waals surface area contributed by atoms with Crippen molar-refractivity contribution in [2.75, 3.05) is 44.8 Å². The highest BCUT2D eigenvalue weighted by molar-refractivity contribution is 5.60. The van der Waals surface area contributed by atoms with E-state index in [1.165, 1.54) is 42.5 Å². The average Bonchev–Trinajstić information content (AvgIpc) is 3.75. The van der Waals surface area contributed by atoms with Crippen LogP contribution in [0.3, 0.4) is 0 Å². The molecular formula is C35H44FN2O3+. The first-order valence-electron chi connectivity index (χ1n) is 15.4. The number of phenolic OH excluding ortho intramolecular Hbond substituents is 1. The molecule has 3 aliphatic rings. The van der Waals surface area contributed by atoms with Crippen LogP contribution in [0.5, 0.6) is 17.2 Å². The van der Waals surface area contributed by atoms with E-state index in [0.29, 0.717) is 30.6 Å². The van der Waals surface area contributed by atoms with Gasteiger partial charge in [-0.1, -0.05) is 12.1 Å². The van der Waals surface area contributed by atoms with E-state index in [0.717, 1.165) is 67.7 Å². The number of aromatic hydroxyl groups is 2. The van der Waals surface area contributed by atoms with Crippen LogP contribution in [0.1, 0.15) is 60.8 Å². The fraction of sp³-hybridized carbons (Fsp3) is 0.486. The molecule has 2 aliphatic carbocycles. The maximum absolute atomic E-state index is 15.2. The van der Waals surface area contributed by atoms with Crippen molar-refractivity contribution in [2.24, 2.45) is 11.8 Å². The highest BCUT2D eigenvalue weighted by Gasteiger charge is 2.39. The number of rotatable bonds is 10. The van der Waals surface area contributed by atoms with Gasteiger partial charge in [0, 0.05) is 37.5 Å². The Bertz CT molecular complexity index is 1360. The monoisotopic (exact) mass is 559 g/mol. The third-order valence-corrected chi connectivity index (χ3v) is 9.51. The van der Waals surface area contributed by atoms with Gasteiger partial charge in [0.2, 0.25) is 5.82 Å². The van der Waals surface area contributed by atoms with Crippen LogP contribution in [-0.2, 0) is 19.4 Å². The second-order valence-corrected chi connectivity index (χ2v) is 12.2. The summed E-state index contributed by atoms with van der Waals surface area (Å²) in [5.41, 5.74) is 5.92. The number of likely N-dealkylation sites (tertiary alicyclic amines) is 1. The van der Waals surface area contributed by atoms with E-state index < -0.39 is 0 Å². The van der Waals surface area contributed by atoms with Crippen LogP contribution >= 0.6 is 0 Å². The van der Waals surface area contributed by atoms with Crippen LogP contribution in [-0.4, -0.2) is 54.6 Å². The van der Waals surface area contributed by atoms with Gasteiger partial charge < -0.3 is 19.5 Å². The van der Waals surface area contributed by atoms with E-state index in [4.69, 9.17) is 4.74 Å². The summed E-state index contributed by atoms with van der Waals surface area (Å²) >= 11 is 0. The van der Waals surface area contributed by atoms with Crippen LogP contribution in [0.25, 0.3) is 0 Å². The summed E-state index contributed by atoms with van der Waals surface area (Å²) in [4.78, 5) is 4.84. The minimum absolute atomic E-state index is 0.241. The van der Waals surface area contributed by atoms with Crippen LogP contribution in [0, 0.1) is 17.7 Å². The van der Waals surface area contributed by atoms with E-state index in [-0.39, 0.29) is 5.82 Å². The van der Waals surface area contributed by atoms with Gasteiger partial charge in [-0.15, -0.1) is 0 Å². The Balaban J connectivity index is 1.14. The summed E-state index contributed by atoms with van der Waals surface area (Å²) in [7, 11) is 1.70. The van der Waals surface area contributed by atoms with Crippen LogP contribution in [0.2, 0.25) is 0 Å². The van der Waals surface area contributed by atoms with Crippen molar-refractivity contribution in [1.82, 2.24) is 4.90 Å². The first-order chi connectivity index (χ1) is 20.0. The predicted molar refractivity (Wildman–Crippen MR) is 163 cm³/mol. The first kappa shape index (κ1) is 27.9. The van der Waals surface area contributed by atoms with E-state index in [1.54, 1.807) is 19.2 Å². The summed E-state index contributed by atoms with van der Waals surface area (Å²) in [6, 6.07) is 17.6. The summed E-state index contributed by atoms with van der Waals surface area (Å²) in [6.07, 6.45) is 6.97. The molecule has 3 atom stereocenters. The Kier molecular flexibility index (Phi) is 8.38. The fourth-order valence-electron chi connectivity index (χ4n) is 7.04. The molecule has 2 N–H and O–H groups in total. The van der Waals surface area contributed by atoms with E-state index in [9.17, 15) is 5.11 Å². The molecule has 3 aromatic carbocycles. The van der Waals surface area contributed by atoms with Gasteiger partial charge in [-0.3, -0.25) is 4.90 Å². The van der Waals surface area contributed by atoms with Gasteiger partial charge in [-0.25, -0.2) is 0 Å². The zero-order valence-corrected chi connectivity index (χ0v) is 24.5. The van der Waals surface area contributed by atoms with Crippen LogP contribution < -0.4 is 9.64 Å². The lowest BCUT2D eigenvalue weighted by atomic mass is 9.79. The Morgan fingerprint density at radius 3 is 2.78 bits per heavy atom. The molecule has 218 valence electrons. The number of aryl methyl sites for hydroxylation is 1. The third kappa shape index (κ3) is 6.48. The van der Waals surface area contributed by atoms with Gasteiger partial charge in [0.05, 0.1) is 13.7 Å². The quantitative estimate of drug-likeness (QED) is 0.277. The van der Waals surface area contributed by atoms with Crippen molar-refractivity contribution in [2.45, 2.75) is 57.9 Å². The number of hydrogen-bond acceptors (Lipinski definition) is 4. The smallest absolute Gasteiger partial charge is 0.291 e. The summed E-state index contributed by atoms with van der Waals surface area (Å²) in [5.74, 6) is 3.61. The van der Waals surface area contributed by atoms with Crippen molar-refractivity contribution in [3.8, 4) is 17.2 Å². The van der Waals surface area contributed by atoms with E-state index in [1.807, 2.05) is 24.3 Å². The molecular weight excluding hydrogens is 515 g/mol. The fourth-order valence-corrected chi connectivity index (χ4v) is 7.04. The van der Waals surface area contributed by atoms with Crippen molar-refractivity contribution >= 4 is 5.69 Å². The predicted octanol–water partition coefficient (Wildman–Crippen LogP) is 6.81. The van der Waals surface area contributed by atoms with Crippen molar-refractivity contribution in [3.63, 3.8) is 0 Å². The number of methoxy groups -OCH3 is 1. The minimum Gasteiger partial charge on any atom is -0.580 e. The molecule has 2 fully saturated rings. The number of benzene rings is 3. The van der Waals surface area contributed by atoms with Crippen LogP contribution in [0.15, 0.2) is 54.6 Å². The Hall–Kier alpha value is -3.25. The van der Waals surface area contributed by atoms with Gasteiger partial charge in [0.1, 0.15) is 11.5 Å². The minimum atomic E-state index is -0.241. The molecule has 0 amide bonds. The van der Waals surface area contributed by atoms with Crippen molar-refractivity contribution in [3.05, 3.63) is 82.7 Å². The number of halogens is 1. The lowest BCUT2D eigenvalue weighted by Crippen LogP contribution is -2.30. The highest BCUT2D eigenvalue weighted by atomic mass is 19.1. The maximum Gasteiger partial charge on any atom is 0.291 e. The van der Waals surface area contributed by atoms with E-state index >= 15 is 4.39 Å². The topological polar surface area (TPSA) is 48.7 Å². The molecule has 1 saturated carbocycles. The number of aliphatic hydroxyl groups is 1. The van der Waals surface area contributed by atoms with Crippen molar-refractivity contribution in [1.29, 1.82) is 0 Å². The summed E-state index contributed by atoms with van der Waals surface area (Å²) in [6.45, 7) is 7.46. The maximum atomic E-state index is 15.2. The second kappa shape index (κ2) is 12.3. The van der Waals surface area contributed by atoms with Crippen LogP contribution in [0.4, 0.5) is 10.1 Å². The molecule has 41 heavy (non-hydrogen) atoms. The highest BCUT2D eigenvalue weighted by Crippen LogP contribution is 2.44. The normalized spacial score (nSPS) is 21.9. The van der Waals surface area contributed by atoms with Gasteiger partial charge in [0.15, 0.2) is 6.61 Å². The molecule has 2 unspecified atom stereocenters. The van der Waals surface area contributed by atoms with Gasteiger partial charge in [-0.2, -0.15) is 4.39 Å². The molecule has 0 radical (unpaired) electrons. The molecule has 0 spiro atoms. The Morgan fingerprint density at radius 1 is 1.05 bits per heavy atom. The van der Waals surface area contributed by atoms with Gasteiger partial charge in [0.25, 0.3) is 5.75 Å². The molecule has 0 aromatic heterocycles. The standard InChI is InChI=1S/C35H43FN2O3/c1-3-38(22-24-6-13-35(33(36)17-24)41-16-15-37-14-4-5-25-19-29(25)23-37)34-21-31(40-2)11-12-32(34)28-8-7-27-20-30(39)10-9-26(27)18-28/h6,9-13,17,20-21,25,28-29,39H,3-5,7-8,14-16,18-19,22-23H2,1-2H3/p+1/t25?,28-,29?/m1/s1. The zero-order chi connectivity index (χ0) is 28.3. The molecule has 1 aliphatic heterocycles. The number of anilines is 1.